The van der Waals surface area contributed by atoms with Gasteiger partial charge in [-0.15, -0.1) is 0 Å². The second-order valence-corrected chi connectivity index (χ2v) is 3.23. The largest absolute Gasteiger partial charge is 0.394 e. The predicted molar refractivity (Wildman–Crippen MR) is 47.5 cm³/mol. The molecule has 0 aromatic heterocycles. The first-order chi connectivity index (χ1) is 6.65. The van der Waals surface area contributed by atoms with E-state index >= 15 is 0 Å². The van der Waals surface area contributed by atoms with E-state index < -0.39 is 30.6 Å². The lowest BCUT2D eigenvalue weighted by Crippen LogP contribution is -2.62. The van der Waals surface area contributed by atoms with Crippen molar-refractivity contribution in [1.29, 1.82) is 0 Å². The fourth-order valence-corrected chi connectivity index (χ4v) is 1.59. The Hall–Kier alpha value is -0.240. The van der Waals surface area contributed by atoms with E-state index in [1.165, 1.54) is 14.2 Å². The lowest BCUT2D eigenvalue weighted by Gasteiger charge is -2.41. The maximum Gasteiger partial charge on any atom is 0.175 e. The molecule has 14 heavy (non-hydrogen) atoms. The fourth-order valence-electron chi connectivity index (χ4n) is 1.59. The molecule has 0 radical (unpaired) electrons. The molecule has 1 saturated heterocycles. The molecular weight excluding hydrogens is 190 g/mol. The number of hydrogen-bond acceptors (Lipinski definition) is 6. The minimum atomic E-state index is -0.907. The normalized spacial score (nSPS) is 43.9. The second kappa shape index (κ2) is 5.01. The van der Waals surface area contributed by atoms with Crippen LogP contribution in [0.1, 0.15) is 0 Å². The van der Waals surface area contributed by atoms with Crippen LogP contribution in [0.3, 0.4) is 0 Å². The quantitative estimate of drug-likeness (QED) is 0.498. The van der Waals surface area contributed by atoms with Gasteiger partial charge in [0.2, 0.25) is 0 Å². The summed E-state index contributed by atoms with van der Waals surface area (Å²) in [4.78, 5) is 0. The minimum Gasteiger partial charge on any atom is -0.394 e. The molecule has 1 heterocycles. The molecule has 0 spiro atoms. The van der Waals surface area contributed by atoms with Crippen LogP contribution in [0.25, 0.3) is 0 Å². The number of methoxy groups -OCH3 is 2. The molecule has 1 aliphatic heterocycles. The van der Waals surface area contributed by atoms with Crippen molar-refractivity contribution >= 4 is 0 Å². The predicted octanol–water partition coefficient (Wildman–Crippen LogP) is -1.95. The Bertz CT molecular complexity index is 177. The van der Waals surface area contributed by atoms with Crippen LogP contribution in [0.5, 0.6) is 0 Å². The van der Waals surface area contributed by atoms with E-state index in [9.17, 15) is 5.11 Å². The number of ether oxygens (including phenoxy) is 3. The fraction of sp³-hybridized carbons (Fsp3) is 1.00. The van der Waals surface area contributed by atoms with Crippen LogP contribution in [-0.2, 0) is 14.2 Å². The van der Waals surface area contributed by atoms with Gasteiger partial charge < -0.3 is 30.2 Å². The first-order valence-corrected chi connectivity index (χ1v) is 4.41. The molecule has 1 fully saturated rings. The number of hydrogen-bond donors (Lipinski definition) is 3. The molecule has 0 bridgehead atoms. The Morgan fingerprint density at radius 1 is 1.36 bits per heavy atom. The zero-order valence-corrected chi connectivity index (χ0v) is 8.29. The van der Waals surface area contributed by atoms with Crippen molar-refractivity contribution in [2.45, 2.75) is 30.6 Å². The summed E-state index contributed by atoms with van der Waals surface area (Å²) >= 11 is 0. The average molecular weight is 207 g/mol. The zero-order chi connectivity index (χ0) is 10.7. The van der Waals surface area contributed by atoms with Crippen LogP contribution in [-0.4, -0.2) is 61.7 Å². The maximum absolute atomic E-state index is 9.72. The molecule has 0 saturated carbocycles. The summed E-state index contributed by atoms with van der Waals surface area (Å²) in [6.07, 6.45) is -2.86. The van der Waals surface area contributed by atoms with Gasteiger partial charge in [-0.3, -0.25) is 0 Å². The summed E-state index contributed by atoms with van der Waals surface area (Å²) in [6.45, 7) is -0.248. The summed E-state index contributed by atoms with van der Waals surface area (Å²) in [5.41, 5.74) is 5.65. The molecule has 0 aliphatic carbocycles. The Balaban J connectivity index is 2.71. The summed E-state index contributed by atoms with van der Waals surface area (Å²) < 4.78 is 15.2. The van der Waals surface area contributed by atoms with Gasteiger partial charge in [-0.05, 0) is 0 Å². The first kappa shape index (κ1) is 11.8. The van der Waals surface area contributed by atoms with Gasteiger partial charge in [0.25, 0.3) is 0 Å². The van der Waals surface area contributed by atoms with E-state index in [2.05, 4.69) is 0 Å². The molecule has 0 aromatic carbocycles. The summed E-state index contributed by atoms with van der Waals surface area (Å²) in [7, 11) is 2.86. The summed E-state index contributed by atoms with van der Waals surface area (Å²) in [6, 6.07) is -0.673. The van der Waals surface area contributed by atoms with Gasteiger partial charge in [-0.25, -0.2) is 0 Å². The molecule has 6 heteroatoms. The topological polar surface area (TPSA) is 94.2 Å². The highest BCUT2D eigenvalue weighted by atomic mass is 16.7. The van der Waals surface area contributed by atoms with Crippen LogP contribution in [0, 0.1) is 0 Å². The van der Waals surface area contributed by atoms with E-state index in [1.807, 2.05) is 0 Å². The third kappa shape index (κ3) is 2.05. The highest BCUT2D eigenvalue weighted by molar-refractivity contribution is 4.92. The van der Waals surface area contributed by atoms with Gasteiger partial charge in [0.05, 0.1) is 12.6 Å². The van der Waals surface area contributed by atoms with Crippen LogP contribution >= 0.6 is 0 Å². The van der Waals surface area contributed by atoms with E-state index in [0.717, 1.165) is 0 Å². The van der Waals surface area contributed by atoms with E-state index in [4.69, 9.17) is 25.1 Å². The van der Waals surface area contributed by atoms with Gasteiger partial charge in [-0.2, -0.15) is 0 Å². The SMILES string of the molecule is COC1OC(CO)C(OC)C(O)C1N. The Kier molecular flexibility index (Phi) is 4.24. The second-order valence-electron chi connectivity index (χ2n) is 3.23. The molecule has 84 valence electrons. The first-order valence-electron chi connectivity index (χ1n) is 4.41. The van der Waals surface area contributed by atoms with Crippen molar-refractivity contribution in [1.82, 2.24) is 0 Å². The molecule has 1 aliphatic rings. The van der Waals surface area contributed by atoms with Crippen LogP contribution in [0.15, 0.2) is 0 Å². The smallest absolute Gasteiger partial charge is 0.175 e. The lowest BCUT2D eigenvalue weighted by atomic mass is 9.97. The number of rotatable bonds is 3. The summed E-state index contributed by atoms with van der Waals surface area (Å²) in [5, 5.41) is 18.7. The van der Waals surface area contributed by atoms with Crippen LogP contribution in [0.2, 0.25) is 0 Å². The zero-order valence-electron chi connectivity index (χ0n) is 8.29. The molecule has 4 N–H and O–H groups in total. The molecule has 0 amide bonds. The highest BCUT2D eigenvalue weighted by Crippen LogP contribution is 2.21. The number of aliphatic hydroxyl groups is 2. The van der Waals surface area contributed by atoms with Gasteiger partial charge in [0.1, 0.15) is 18.3 Å². The number of aliphatic hydroxyl groups excluding tert-OH is 2. The summed E-state index contributed by atoms with van der Waals surface area (Å²) in [5.74, 6) is 0. The van der Waals surface area contributed by atoms with Crippen LogP contribution in [0.4, 0.5) is 0 Å². The van der Waals surface area contributed by atoms with E-state index in [-0.39, 0.29) is 6.61 Å². The molecule has 1 rings (SSSR count). The molecule has 5 atom stereocenters. The Morgan fingerprint density at radius 2 is 2.00 bits per heavy atom. The standard InChI is InChI=1S/C8H17NO5/c1-12-7-4(3-10)14-8(13-2)5(9)6(7)11/h4-8,10-11H,3,9H2,1-2H3. The van der Waals surface area contributed by atoms with E-state index in [1.54, 1.807) is 0 Å². The molecule has 5 unspecified atom stereocenters. The van der Waals surface area contributed by atoms with Crippen molar-refractivity contribution < 1.29 is 24.4 Å². The van der Waals surface area contributed by atoms with Gasteiger partial charge >= 0.3 is 0 Å². The third-order valence-corrected chi connectivity index (χ3v) is 2.40. The van der Waals surface area contributed by atoms with Crippen LogP contribution < -0.4 is 5.73 Å². The minimum absolute atomic E-state index is 0.248. The average Bonchev–Trinajstić information content (AvgIpc) is 2.21. The number of nitrogens with two attached hydrogens (primary N) is 1. The van der Waals surface area contributed by atoms with Crippen molar-refractivity contribution in [3.63, 3.8) is 0 Å². The van der Waals surface area contributed by atoms with Crippen molar-refractivity contribution in [2.75, 3.05) is 20.8 Å². The van der Waals surface area contributed by atoms with Gasteiger partial charge in [0, 0.05) is 14.2 Å². The molecule has 0 aromatic rings. The lowest BCUT2D eigenvalue weighted by molar-refractivity contribution is -0.262. The Morgan fingerprint density at radius 3 is 2.43 bits per heavy atom. The highest BCUT2D eigenvalue weighted by Gasteiger charge is 2.43. The van der Waals surface area contributed by atoms with Gasteiger partial charge in [-0.1, -0.05) is 0 Å². The third-order valence-electron chi connectivity index (χ3n) is 2.40. The Labute approximate surface area is 82.6 Å². The van der Waals surface area contributed by atoms with Crippen molar-refractivity contribution in [2.24, 2.45) is 5.73 Å². The van der Waals surface area contributed by atoms with E-state index in [0.29, 0.717) is 0 Å². The monoisotopic (exact) mass is 207 g/mol. The molecular formula is C8H17NO5. The van der Waals surface area contributed by atoms with Crippen molar-refractivity contribution in [3.8, 4) is 0 Å². The molecule has 6 nitrogen and oxygen atoms in total. The maximum atomic E-state index is 9.72. The van der Waals surface area contributed by atoms with Gasteiger partial charge in [0.15, 0.2) is 6.29 Å². The van der Waals surface area contributed by atoms with Crippen molar-refractivity contribution in [3.05, 3.63) is 0 Å².